The zero-order chi connectivity index (χ0) is 13.7. The van der Waals surface area contributed by atoms with Crippen molar-refractivity contribution in [3.8, 4) is 0 Å². The third-order valence-corrected chi connectivity index (χ3v) is 3.75. The van der Waals surface area contributed by atoms with Crippen molar-refractivity contribution in [1.29, 1.82) is 0 Å². The summed E-state index contributed by atoms with van der Waals surface area (Å²) >= 11 is 1.13. The van der Waals surface area contributed by atoms with Crippen molar-refractivity contribution in [2.75, 3.05) is 0 Å². The normalized spacial score (nSPS) is 12.9. The number of nitrogens with zero attached hydrogens (tertiary/aromatic N) is 2. The van der Waals surface area contributed by atoms with Gasteiger partial charge in [0.25, 0.3) is 0 Å². The smallest absolute Gasteiger partial charge is 0.344 e. The maximum Gasteiger partial charge on any atom is 0.344 e. The van der Waals surface area contributed by atoms with Gasteiger partial charge in [-0.15, -0.1) is 5.10 Å². The first-order chi connectivity index (χ1) is 8.47. The SMILES string of the molecule is CCCCC(Sc1n[nH]c(=O)n1C(C)C)C(=O)O. The average Bonchev–Trinajstić information content (AvgIpc) is 2.65. The fourth-order valence-electron chi connectivity index (χ4n) is 1.58. The van der Waals surface area contributed by atoms with Crippen molar-refractivity contribution in [3.63, 3.8) is 0 Å². The van der Waals surface area contributed by atoms with Crippen LogP contribution in [0.2, 0.25) is 0 Å². The highest BCUT2D eigenvalue weighted by molar-refractivity contribution is 8.00. The number of unbranched alkanes of at least 4 members (excludes halogenated alkanes) is 1. The Morgan fingerprint density at radius 2 is 2.22 bits per heavy atom. The molecule has 0 spiro atoms. The number of nitrogens with one attached hydrogen (secondary N) is 1. The average molecular weight is 273 g/mol. The van der Waals surface area contributed by atoms with E-state index in [4.69, 9.17) is 5.11 Å². The predicted molar refractivity (Wildman–Crippen MR) is 70.0 cm³/mol. The first-order valence-corrected chi connectivity index (χ1v) is 6.91. The minimum Gasteiger partial charge on any atom is -0.480 e. The molecule has 7 heteroatoms. The Hall–Kier alpha value is -1.24. The first-order valence-electron chi connectivity index (χ1n) is 6.03. The Morgan fingerprint density at radius 3 is 2.72 bits per heavy atom. The van der Waals surface area contributed by atoms with Gasteiger partial charge in [0.15, 0.2) is 5.16 Å². The Bertz CT molecular complexity index is 453. The number of aromatic amines is 1. The lowest BCUT2D eigenvalue weighted by molar-refractivity contribution is -0.136. The van der Waals surface area contributed by atoms with Crippen LogP contribution in [-0.2, 0) is 4.79 Å². The third-order valence-electron chi connectivity index (χ3n) is 2.53. The number of carboxylic acids is 1. The molecule has 1 heterocycles. The molecule has 0 aliphatic carbocycles. The number of carbonyl (C=O) groups is 1. The zero-order valence-corrected chi connectivity index (χ0v) is 11.7. The van der Waals surface area contributed by atoms with Gasteiger partial charge in [0.2, 0.25) is 0 Å². The molecule has 0 aliphatic heterocycles. The summed E-state index contributed by atoms with van der Waals surface area (Å²) in [5.41, 5.74) is -0.299. The summed E-state index contributed by atoms with van der Waals surface area (Å²) in [7, 11) is 0. The second kappa shape index (κ2) is 6.63. The lowest BCUT2D eigenvalue weighted by atomic mass is 10.2. The molecule has 0 aliphatic rings. The van der Waals surface area contributed by atoms with Crippen molar-refractivity contribution in [3.05, 3.63) is 10.5 Å². The van der Waals surface area contributed by atoms with E-state index in [-0.39, 0.29) is 11.7 Å². The number of hydrogen-bond donors (Lipinski definition) is 2. The lowest BCUT2D eigenvalue weighted by Gasteiger charge is -2.13. The van der Waals surface area contributed by atoms with Gasteiger partial charge >= 0.3 is 11.7 Å². The van der Waals surface area contributed by atoms with Crippen LogP contribution >= 0.6 is 11.8 Å². The van der Waals surface area contributed by atoms with Crippen LogP contribution in [0.1, 0.15) is 46.1 Å². The second-order valence-corrected chi connectivity index (χ2v) is 5.53. The molecule has 1 aromatic rings. The molecule has 0 saturated heterocycles. The third kappa shape index (κ3) is 3.63. The summed E-state index contributed by atoms with van der Waals surface area (Å²) in [5.74, 6) is -0.862. The molecule has 2 N–H and O–H groups in total. The van der Waals surface area contributed by atoms with E-state index in [0.717, 1.165) is 24.6 Å². The molecule has 1 unspecified atom stereocenters. The van der Waals surface area contributed by atoms with Crippen LogP contribution in [-0.4, -0.2) is 31.1 Å². The molecule has 1 aromatic heterocycles. The van der Waals surface area contributed by atoms with Crippen LogP contribution in [0.15, 0.2) is 9.95 Å². The highest BCUT2D eigenvalue weighted by Crippen LogP contribution is 2.25. The predicted octanol–water partition coefficient (Wildman–Crippen LogP) is 1.89. The summed E-state index contributed by atoms with van der Waals surface area (Å²) in [6, 6.07) is -0.0422. The van der Waals surface area contributed by atoms with Gasteiger partial charge in [0.1, 0.15) is 5.25 Å². The number of H-pyrrole nitrogens is 1. The quantitative estimate of drug-likeness (QED) is 0.741. The van der Waals surface area contributed by atoms with E-state index in [1.165, 1.54) is 4.57 Å². The molecule has 0 amide bonds. The molecule has 1 rings (SSSR count). The fraction of sp³-hybridized carbons (Fsp3) is 0.727. The molecule has 6 nitrogen and oxygen atoms in total. The molecule has 102 valence electrons. The first kappa shape index (κ1) is 14.8. The maximum absolute atomic E-state index is 11.5. The maximum atomic E-state index is 11.5. The van der Waals surface area contributed by atoms with Crippen molar-refractivity contribution in [2.45, 2.75) is 56.5 Å². The molecule has 0 fully saturated rings. The summed E-state index contributed by atoms with van der Waals surface area (Å²) in [6.07, 6.45) is 2.37. The van der Waals surface area contributed by atoms with Crippen molar-refractivity contribution in [1.82, 2.24) is 14.8 Å². The van der Waals surface area contributed by atoms with Gasteiger partial charge in [-0.3, -0.25) is 9.36 Å². The Labute approximate surface area is 110 Å². The van der Waals surface area contributed by atoms with E-state index in [9.17, 15) is 9.59 Å². The van der Waals surface area contributed by atoms with Crippen molar-refractivity contribution in [2.24, 2.45) is 0 Å². The Morgan fingerprint density at radius 1 is 1.56 bits per heavy atom. The highest BCUT2D eigenvalue weighted by Gasteiger charge is 2.22. The number of aliphatic carboxylic acids is 1. The molecular weight excluding hydrogens is 254 g/mol. The van der Waals surface area contributed by atoms with Crippen LogP contribution < -0.4 is 5.69 Å². The van der Waals surface area contributed by atoms with Crippen LogP contribution in [0.4, 0.5) is 0 Å². The number of aromatic nitrogens is 3. The van der Waals surface area contributed by atoms with Gasteiger partial charge in [0, 0.05) is 6.04 Å². The summed E-state index contributed by atoms with van der Waals surface area (Å²) in [4.78, 5) is 22.7. The van der Waals surface area contributed by atoms with Gasteiger partial charge in [-0.2, -0.15) is 0 Å². The minimum absolute atomic E-state index is 0.0422. The van der Waals surface area contributed by atoms with E-state index in [1.54, 1.807) is 0 Å². The zero-order valence-electron chi connectivity index (χ0n) is 10.8. The van der Waals surface area contributed by atoms with E-state index in [0.29, 0.717) is 11.6 Å². The lowest BCUT2D eigenvalue weighted by Crippen LogP contribution is -2.22. The number of thioether (sulfide) groups is 1. The van der Waals surface area contributed by atoms with Gasteiger partial charge < -0.3 is 5.11 Å². The second-order valence-electron chi connectivity index (χ2n) is 4.36. The van der Waals surface area contributed by atoms with E-state index < -0.39 is 11.2 Å². The molecule has 0 aromatic carbocycles. The van der Waals surface area contributed by atoms with E-state index in [2.05, 4.69) is 10.2 Å². The summed E-state index contributed by atoms with van der Waals surface area (Å²) in [5, 5.41) is 15.3. The minimum atomic E-state index is -0.862. The van der Waals surface area contributed by atoms with E-state index >= 15 is 0 Å². The summed E-state index contributed by atoms with van der Waals surface area (Å²) < 4.78 is 1.48. The number of carboxylic acid groups (broad SMARTS) is 1. The van der Waals surface area contributed by atoms with Crippen LogP contribution in [0.3, 0.4) is 0 Å². The van der Waals surface area contributed by atoms with Gasteiger partial charge in [-0.25, -0.2) is 9.89 Å². The van der Waals surface area contributed by atoms with Gasteiger partial charge in [-0.1, -0.05) is 31.5 Å². The van der Waals surface area contributed by atoms with Gasteiger partial charge in [0.05, 0.1) is 0 Å². The molecule has 0 radical (unpaired) electrons. The summed E-state index contributed by atoms with van der Waals surface area (Å²) in [6.45, 7) is 5.74. The molecule has 1 atom stereocenters. The Balaban J connectivity index is 2.87. The fourth-order valence-corrected chi connectivity index (χ4v) is 2.72. The molecule has 18 heavy (non-hydrogen) atoms. The van der Waals surface area contributed by atoms with E-state index in [1.807, 2.05) is 20.8 Å². The molecule has 0 saturated carbocycles. The molecule has 0 bridgehead atoms. The standard InChI is InChI=1S/C11H19N3O3S/c1-4-5-6-8(9(15)16)18-11-13-12-10(17)14(11)7(2)3/h7-8H,4-6H2,1-3H3,(H,12,17)(H,15,16). The van der Waals surface area contributed by atoms with Gasteiger partial charge in [-0.05, 0) is 20.3 Å². The largest absolute Gasteiger partial charge is 0.480 e. The topological polar surface area (TPSA) is 88.0 Å². The van der Waals surface area contributed by atoms with Crippen LogP contribution in [0, 0.1) is 0 Å². The molecular formula is C11H19N3O3S. The Kier molecular flexibility index (Phi) is 5.46. The highest BCUT2D eigenvalue weighted by atomic mass is 32.2. The van der Waals surface area contributed by atoms with Crippen LogP contribution in [0.5, 0.6) is 0 Å². The number of rotatable bonds is 7. The van der Waals surface area contributed by atoms with Crippen molar-refractivity contribution < 1.29 is 9.90 Å². The monoisotopic (exact) mass is 273 g/mol. The van der Waals surface area contributed by atoms with Crippen LogP contribution in [0.25, 0.3) is 0 Å². The number of hydrogen-bond acceptors (Lipinski definition) is 4. The van der Waals surface area contributed by atoms with Crippen molar-refractivity contribution >= 4 is 17.7 Å².